The fourth-order valence-electron chi connectivity index (χ4n) is 1.28. The maximum atomic E-state index is 9.08. The van der Waals surface area contributed by atoms with Gasteiger partial charge in [-0.2, -0.15) is 5.26 Å². The highest BCUT2D eigenvalue weighted by molar-refractivity contribution is 5.18. The van der Waals surface area contributed by atoms with Gasteiger partial charge in [-0.25, -0.2) is 0 Å². The number of nitrogens with zero attached hydrogens (tertiary/aromatic N) is 1. The molecule has 0 spiro atoms. The third-order valence-electron chi connectivity index (χ3n) is 2.31. The van der Waals surface area contributed by atoms with Gasteiger partial charge in [0.05, 0.1) is 13.2 Å². The van der Waals surface area contributed by atoms with Gasteiger partial charge in [0.25, 0.3) is 0 Å². The van der Waals surface area contributed by atoms with Crippen molar-refractivity contribution in [2.45, 2.75) is 26.4 Å². The maximum Gasteiger partial charge on any atom is 0.203 e. The van der Waals surface area contributed by atoms with E-state index >= 15 is 0 Å². The van der Waals surface area contributed by atoms with Crippen LogP contribution < -0.4 is 5.32 Å². The molecule has 0 amide bonds. The number of aliphatic hydroxyl groups excluding tert-OH is 1. The van der Waals surface area contributed by atoms with Crippen molar-refractivity contribution >= 4 is 0 Å². The van der Waals surface area contributed by atoms with Crippen molar-refractivity contribution in [2.24, 2.45) is 5.92 Å². The van der Waals surface area contributed by atoms with Gasteiger partial charge in [0.2, 0.25) is 5.76 Å². The van der Waals surface area contributed by atoms with E-state index in [4.69, 9.17) is 14.8 Å². The molecule has 0 aromatic carbocycles. The molecule has 4 nitrogen and oxygen atoms in total. The minimum absolute atomic E-state index is 0.0561. The Morgan fingerprint density at radius 1 is 1.53 bits per heavy atom. The van der Waals surface area contributed by atoms with E-state index in [1.807, 2.05) is 19.9 Å². The molecule has 0 aliphatic rings. The highest BCUT2D eigenvalue weighted by atomic mass is 16.3. The predicted molar refractivity (Wildman–Crippen MR) is 56.0 cm³/mol. The molecular formula is C11H16N2O2. The van der Waals surface area contributed by atoms with E-state index < -0.39 is 0 Å². The first-order chi connectivity index (χ1) is 7.17. The summed E-state index contributed by atoms with van der Waals surface area (Å²) in [5.41, 5.74) is 0. The first-order valence-electron chi connectivity index (χ1n) is 5.00. The molecule has 0 saturated carbocycles. The van der Waals surface area contributed by atoms with Gasteiger partial charge in [0.1, 0.15) is 11.8 Å². The van der Waals surface area contributed by atoms with Crippen molar-refractivity contribution in [2.75, 3.05) is 6.61 Å². The minimum atomic E-state index is 0.0561. The van der Waals surface area contributed by atoms with Crippen molar-refractivity contribution < 1.29 is 9.52 Å². The summed E-state index contributed by atoms with van der Waals surface area (Å²) in [4.78, 5) is 0. The first kappa shape index (κ1) is 11.8. The van der Waals surface area contributed by atoms with Gasteiger partial charge in [0.15, 0.2) is 0 Å². The molecule has 1 heterocycles. The third kappa shape index (κ3) is 3.39. The molecule has 0 bridgehead atoms. The van der Waals surface area contributed by atoms with E-state index in [-0.39, 0.29) is 12.6 Å². The lowest BCUT2D eigenvalue weighted by Gasteiger charge is -2.18. The summed E-state index contributed by atoms with van der Waals surface area (Å²) in [6, 6.07) is 5.39. The second-order valence-electron chi connectivity index (χ2n) is 3.79. The molecule has 15 heavy (non-hydrogen) atoms. The Morgan fingerprint density at radius 3 is 2.73 bits per heavy atom. The van der Waals surface area contributed by atoms with Crippen molar-refractivity contribution in [3.8, 4) is 6.07 Å². The maximum absolute atomic E-state index is 9.08. The fraction of sp³-hybridized carbons (Fsp3) is 0.545. The number of nitriles is 1. The predicted octanol–water partition coefficient (Wildman–Crippen LogP) is 1.26. The molecule has 1 rings (SSSR count). The first-order valence-corrected chi connectivity index (χ1v) is 5.00. The average Bonchev–Trinajstić information content (AvgIpc) is 2.66. The lowest BCUT2D eigenvalue weighted by atomic mass is 10.1. The number of hydrogen-bond acceptors (Lipinski definition) is 4. The van der Waals surface area contributed by atoms with Crippen LogP contribution in [0.5, 0.6) is 0 Å². The normalized spacial score (nSPS) is 12.7. The molecule has 0 aliphatic heterocycles. The number of furan rings is 1. The summed E-state index contributed by atoms with van der Waals surface area (Å²) >= 11 is 0. The Bertz CT molecular complexity index is 339. The molecule has 82 valence electrons. The Kier molecular flexibility index (Phi) is 4.35. The zero-order valence-electron chi connectivity index (χ0n) is 9.03. The summed E-state index contributed by atoms with van der Waals surface area (Å²) in [6.45, 7) is 4.71. The number of hydrogen-bond donors (Lipinski definition) is 2. The van der Waals surface area contributed by atoms with Gasteiger partial charge in [-0.15, -0.1) is 0 Å². The lowest BCUT2D eigenvalue weighted by Crippen LogP contribution is -2.36. The van der Waals surface area contributed by atoms with Crippen LogP contribution in [0.15, 0.2) is 16.5 Å². The van der Waals surface area contributed by atoms with Gasteiger partial charge in [-0.3, -0.25) is 0 Å². The van der Waals surface area contributed by atoms with Gasteiger partial charge < -0.3 is 14.8 Å². The van der Waals surface area contributed by atoms with Crippen molar-refractivity contribution in [1.29, 1.82) is 5.26 Å². The molecular weight excluding hydrogens is 192 g/mol. The molecule has 0 fully saturated rings. The van der Waals surface area contributed by atoms with Crippen LogP contribution in [0.4, 0.5) is 0 Å². The van der Waals surface area contributed by atoms with Gasteiger partial charge in [-0.1, -0.05) is 13.8 Å². The van der Waals surface area contributed by atoms with Crippen molar-refractivity contribution in [1.82, 2.24) is 5.32 Å². The van der Waals surface area contributed by atoms with Gasteiger partial charge >= 0.3 is 0 Å². The standard InChI is InChI=1S/C11H16N2O2/c1-8(2)11(7-14)13-6-10-4-3-9(5-12)15-10/h3-4,8,11,13-14H,6-7H2,1-2H3. The van der Waals surface area contributed by atoms with Gasteiger partial charge in [0, 0.05) is 6.04 Å². The molecule has 1 aromatic rings. The lowest BCUT2D eigenvalue weighted by molar-refractivity contribution is 0.207. The summed E-state index contributed by atoms with van der Waals surface area (Å²) in [5, 5.41) is 20.8. The molecule has 1 unspecified atom stereocenters. The molecule has 1 aromatic heterocycles. The van der Waals surface area contributed by atoms with Crippen LogP contribution in [0, 0.1) is 17.2 Å². The largest absolute Gasteiger partial charge is 0.449 e. The van der Waals surface area contributed by atoms with Crippen molar-refractivity contribution in [3.63, 3.8) is 0 Å². The summed E-state index contributed by atoms with van der Waals surface area (Å²) in [6.07, 6.45) is 0. The van der Waals surface area contributed by atoms with Crippen LogP contribution in [-0.4, -0.2) is 17.8 Å². The highest BCUT2D eigenvalue weighted by Gasteiger charge is 2.11. The van der Waals surface area contributed by atoms with E-state index in [2.05, 4.69) is 5.32 Å². The SMILES string of the molecule is CC(C)C(CO)NCc1ccc(C#N)o1. The smallest absolute Gasteiger partial charge is 0.203 e. The highest BCUT2D eigenvalue weighted by Crippen LogP contribution is 2.07. The summed E-state index contributed by atoms with van der Waals surface area (Å²) in [5.74, 6) is 1.39. The second-order valence-corrected chi connectivity index (χ2v) is 3.79. The van der Waals surface area contributed by atoms with E-state index in [0.29, 0.717) is 24.0 Å². The van der Waals surface area contributed by atoms with E-state index in [9.17, 15) is 0 Å². The van der Waals surface area contributed by atoms with Crippen LogP contribution in [-0.2, 0) is 6.54 Å². The molecule has 0 aliphatic carbocycles. The summed E-state index contributed by atoms with van der Waals surface area (Å²) in [7, 11) is 0. The number of aliphatic hydroxyl groups is 1. The molecule has 2 N–H and O–H groups in total. The average molecular weight is 208 g/mol. The number of nitrogens with one attached hydrogen (secondary N) is 1. The van der Waals surface area contributed by atoms with Crippen molar-refractivity contribution in [3.05, 3.63) is 23.7 Å². The Morgan fingerprint density at radius 2 is 2.27 bits per heavy atom. The molecule has 4 heteroatoms. The van der Waals surface area contributed by atoms with E-state index in [0.717, 1.165) is 0 Å². The van der Waals surface area contributed by atoms with Crippen LogP contribution in [0.2, 0.25) is 0 Å². The molecule has 0 saturated heterocycles. The fourth-order valence-corrected chi connectivity index (χ4v) is 1.28. The Labute approximate surface area is 89.5 Å². The zero-order valence-corrected chi connectivity index (χ0v) is 9.03. The third-order valence-corrected chi connectivity index (χ3v) is 2.31. The second kappa shape index (κ2) is 5.54. The van der Waals surface area contributed by atoms with Crippen LogP contribution in [0.1, 0.15) is 25.4 Å². The van der Waals surface area contributed by atoms with Gasteiger partial charge in [-0.05, 0) is 18.1 Å². The Balaban J connectivity index is 2.46. The van der Waals surface area contributed by atoms with E-state index in [1.54, 1.807) is 12.1 Å². The van der Waals surface area contributed by atoms with Crippen LogP contribution in [0.25, 0.3) is 0 Å². The topological polar surface area (TPSA) is 69.2 Å². The van der Waals surface area contributed by atoms with E-state index in [1.165, 1.54) is 0 Å². The number of rotatable bonds is 5. The monoisotopic (exact) mass is 208 g/mol. The molecule has 1 atom stereocenters. The van der Waals surface area contributed by atoms with Crippen LogP contribution in [0.3, 0.4) is 0 Å². The van der Waals surface area contributed by atoms with Crippen LogP contribution >= 0.6 is 0 Å². The zero-order chi connectivity index (χ0) is 11.3. The molecule has 0 radical (unpaired) electrons. The summed E-state index contributed by atoms with van der Waals surface area (Å²) < 4.78 is 5.20. The minimum Gasteiger partial charge on any atom is -0.449 e. The Hall–Kier alpha value is -1.31. The quantitative estimate of drug-likeness (QED) is 0.764.